The Balaban J connectivity index is 1.39. The van der Waals surface area contributed by atoms with E-state index in [1.54, 1.807) is 37.1 Å². The second-order valence-electron chi connectivity index (χ2n) is 7.08. The maximum atomic E-state index is 13.0. The molecule has 3 aromatic rings. The van der Waals surface area contributed by atoms with Gasteiger partial charge < -0.3 is 4.90 Å². The number of hydrogen-bond donors (Lipinski definition) is 0. The summed E-state index contributed by atoms with van der Waals surface area (Å²) < 4.78 is 14.8. The third kappa shape index (κ3) is 4.24. The minimum Gasteiger partial charge on any atom is -0.342 e. The molecule has 1 aliphatic heterocycles. The minimum absolute atomic E-state index is 0.132. The molecule has 28 heavy (non-hydrogen) atoms. The van der Waals surface area contributed by atoms with E-state index in [1.807, 2.05) is 15.7 Å². The van der Waals surface area contributed by atoms with E-state index in [-0.39, 0.29) is 17.6 Å². The van der Waals surface area contributed by atoms with Crippen LogP contribution in [-0.4, -0.2) is 43.4 Å². The molecule has 0 spiro atoms. The van der Waals surface area contributed by atoms with Crippen molar-refractivity contribution in [3.05, 3.63) is 72.5 Å². The Hall–Kier alpha value is -3.09. The summed E-state index contributed by atoms with van der Waals surface area (Å²) >= 11 is 0. The lowest BCUT2D eigenvalue weighted by atomic mass is 9.94. The summed E-state index contributed by atoms with van der Waals surface area (Å²) in [5, 5.41) is 0. The number of aryl methyl sites for hydroxylation is 1. The third-order valence-electron chi connectivity index (χ3n) is 5.14. The van der Waals surface area contributed by atoms with Gasteiger partial charge in [0.15, 0.2) is 5.82 Å². The van der Waals surface area contributed by atoms with Crippen LogP contribution in [0.25, 0.3) is 5.82 Å². The highest BCUT2D eigenvalue weighted by Crippen LogP contribution is 2.26. The Labute approximate surface area is 163 Å². The SMILES string of the molecule is O=C(CCc1ccc(F)cc1)N1CCCC(c2cncc(-n3ccnc3)n2)C1. The Kier molecular flexibility index (Phi) is 5.41. The van der Waals surface area contributed by atoms with Crippen molar-refractivity contribution in [1.29, 1.82) is 0 Å². The first kappa shape index (κ1) is 18.3. The largest absolute Gasteiger partial charge is 0.342 e. The number of aromatic nitrogens is 4. The Morgan fingerprint density at radius 3 is 2.82 bits per heavy atom. The van der Waals surface area contributed by atoms with Gasteiger partial charge in [-0.15, -0.1) is 0 Å². The quantitative estimate of drug-likeness (QED) is 0.683. The molecule has 1 amide bonds. The summed E-state index contributed by atoms with van der Waals surface area (Å²) in [7, 11) is 0. The summed E-state index contributed by atoms with van der Waals surface area (Å²) in [4.78, 5) is 27.7. The molecule has 1 aliphatic rings. The molecule has 1 unspecified atom stereocenters. The number of amides is 1. The van der Waals surface area contributed by atoms with Gasteiger partial charge in [-0.2, -0.15) is 0 Å². The van der Waals surface area contributed by atoms with Crippen LogP contribution in [0.15, 0.2) is 55.4 Å². The highest BCUT2D eigenvalue weighted by molar-refractivity contribution is 5.76. The first-order valence-corrected chi connectivity index (χ1v) is 9.51. The van der Waals surface area contributed by atoms with Crippen LogP contribution in [0.5, 0.6) is 0 Å². The molecule has 0 saturated carbocycles. The molecule has 6 nitrogen and oxygen atoms in total. The first-order valence-electron chi connectivity index (χ1n) is 9.51. The van der Waals surface area contributed by atoms with Gasteiger partial charge in [0.05, 0.1) is 11.9 Å². The van der Waals surface area contributed by atoms with Gasteiger partial charge in [-0.1, -0.05) is 12.1 Å². The fourth-order valence-corrected chi connectivity index (χ4v) is 3.59. The van der Waals surface area contributed by atoms with E-state index >= 15 is 0 Å². The number of rotatable bonds is 5. The zero-order valence-electron chi connectivity index (χ0n) is 15.5. The molecular weight excluding hydrogens is 357 g/mol. The van der Waals surface area contributed by atoms with Crippen LogP contribution in [0, 0.1) is 5.82 Å². The van der Waals surface area contributed by atoms with Crippen molar-refractivity contribution < 1.29 is 9.18 Å². The van der Waals surface area contributed by atoms with Crippen molar-refractivity contribution in [3.8, 4) is 5.82 Å². The summed E-state index contributed by atoms with van der Waals surface area (Å²) in [6.45, 7) is 1.43. The molecule has 4 rings (SSSR count). The number of hydrogen-bond acceptors (Lipinski definition) is 4. The molecule has 1 saturated heterocycles. The molecule has 1 fully saturated rings. The number of carbonyl (C=O) groups is 1. The van der Waals surface area contributed by atoms with Gasteiger partial charge in [0.2, 0.25) is 5.91 Å². The predicted molar refractivity (Wildman–Crippen MR) is 102 cm³/mol. The average molecular weight is 379 g/mol. The summed E-state index contributed by atoms with van der Waals surface area (Å²) in [6.07, 6.45) is 11.7. The standard InChI is InChI=1S/C21H22FN5O/c22-18-6-3-16(4-7-18)5-8-21(28)26-10-1-2-17(14-26)19-12-24-13-20(25-19)27-11-9-23-15-27/h3-4,6-7,9,11-13,15,17H,1-2,5,8,10,14H2. The predicted octanol–water partition coefficient (Wildman–Crippen LogP) is 3.14. The molecular formula is C21H22FN5O. The lowest BCUT2D eigenvalue weighted by Crippen LogP contribution is -2.39. The van der Waals surface area contributed by atoms with Gasteiger partial charge >= 0.3 is 0 Å². The lowest BCUT2D eigenvalue weighted by molar-refractivity contribution is -0.132. The van der Waals surface area contributed by atoms with E-state index < -0.39 is 0 Å². The van der Waals surface area contributed by atoms with E-state index in [2.05, 4.69) is 9.97 Å². The summed E-state index contributed by atoms with van der Waals surface area (Å²) in [6, 6.07) is 6.34. The van der Waals surface area contributed by atoms with Gasteiger partial charge in [0.1, 0.15) is 12.1 Å². The number of benzene rings is 1. The second-order valence-corrected chi connectivity index (χ2v) is 7.08. The van der Waals surface area contributed by atoms with E-state index in [0.717, 1.165) is 36.5 Å². The Bertz CT molecular complexity index is 926. The normalized spacial score (nSPS) is 16.9. The fraction of sp³-hybridized carbons (Fsp3) is 0.333. The number of halogens is 1. The molecule has 0 bridgehead atoms. The first-order chi connectivity index (χ1) is 13.7. The number of nitrogens with zero attached hydrogens (tertiary/aromatic N) is 5. The molecule has 3 heterocycles. The minimum atomic E-state index is -0.256. The van der Waals surface area contributed by atoms with Crippen molar-refractivity contribution in [2.45, 2.75) is 31.6 Å². The molecule has 0 radical (unpaired) electrons. The second kappa shape index (κ2) is 8.29. The fourth-order valence-electron chi connectivity index (χ4n) is 3.59. The lowest BCUT2D eigenvalue weighted by Gasteiger charge is -2.32. The monoisotopic (exact) mass is 379 g/mol. The van der Waals surface area contributed by atoms with Crippen molar-refractivity contribution in [3.63, 3.8) is 0 Å². The molecule has 1 aromatic carbocycles. The van der Waals surface area contributed by atoms with Crippen LogP contribution in [0.1, 0.15) is 36.4 Å². The van der Waals surface area contributed by atoms with Crippen LogP contribution in [0.2, 0.25) is 0 Å². The highest BCUT2D eigenvalue weighted by atomic mass is 19.1. The Morgan fingerprint density at radius 2 is 2.04 bits per heavy atom. The maximum Gasteiger partial charge on any atom is 0.222 e. The maximum absolute atomic E-state index is 13.0. The van der Waals surface area contributed by atoms with E-state index in [4.69, 9.17) is 4.98 Å². The van der Waals surface area contributed by atoms with Gasteiger partial charge in [-0.05, 0) is 37.0 Å². The van der Waals surface area contributed by atoms with E-state index in [9.17, 15) is 9.18 Å². The van der Waals surface area contributed by atoms with Crippen molar-refractivity contribution in [2.75, 3.05) is 13.1 Å². The number of carbonyl (C=O) groups excluding carboxylic acids is 1. The molecule has 7 heteroatoms. The highest BCUT2D eigenvalue weighted by Gasteiger charge is 2.26. The van der Waals surface area contributed by atoms with Crippen LogP contribution in [0.3, 0.4) is 0 Å². The van der Waals surface area contributed by atoms with E-state index in [1.165, 1.54) is 12.1 Å². The molecule has 1 atom stereocenters. The smallest absolute Gasteiger partial charge is 0.222 e. The third-order valence-corrected chi connectivity index (χ3v) is 5.14. The molecule has 0 N–H and O–H groups in total. The molecule has 144 valence electrons. The van der Waals surface area contributed by atoms with Crippen molar-refractivity contribution >= 4 is 5.91 Å². The van der Waals surface area contributed by atoms with Crippen molar-refractivity contribution in [2.24, 2.45) is 0 Å². The van der Waals surface area contributed by atoms with Crippen LogP contribution >= 0.6 is 0 Å². The number of imidazole rings is 1. The molecule has 0 aliphatic carbocycles. The number of likely N-dealkylation sites (tertiary alicyclic amines) is 1. The van der Waals surface area contributed by atoms with Crippen molar-refractivity contribution in [1.82, 2.24) is 24.4 Å². The Morgan fingerprint density at radius 1 is 1.18 bits per heavy atom. The zero-order valence-corrected chi connectivity index (χ0v) is 15.5. The molecule has 2 aromatic heterocycles. The van der Waals surface area contributed by atoms with Gasteiger partial charge in [0, 0.05) is 44.0 Å². The summed E-state index contributed by atoms with van der Waals surface area (Å²) in [5.74, 6) is 0.787. The van der Waals surface area contributed by atoms with Crippen LogP contribution in [0.4, 0.5) is 4.39 Å². The van der Waals surface area contributed by atoms with Crippen LogP contribution < -0.4 is 0 Å². The topological polar surface area (TPSA) is 63.9 Å². The number of piperidine rings is 1. The average Bonchev–Trinajstić information content (AvgIpc) is 3.28. The summed E-state index contributed by atoms with van der Waals surface area (Å²) in [5.41, 5.74) is 1.88. The van der Waals surface area contributed by atoms with Gasteiger partial charge in [0.25, 0.3) is 0 Å². The van der Waals surface area contributed by atoms with Gasteiger partial charge in [-0.3, -0.25) is 14.3 Å². The zero-order chi connectivity index (χ0) is 19.3. The van der Waals surface area contributed by atoms with Gasteiger partial charge in [-0.25, -0.2) is 14.4 Å². The van der Waals surface area contributed by atoms with E-state index in [0.29, 0.717) is 19.4 Å². The van der Waals surface area contributed by atoms with Crippen LogP contribution in [-0.2, 0) is 11.2 Å².